The fourth-order valence-corrected chi connectivity index (χ4v) is 2.30. The standard InChI is InChI=1S/C10H7Br2FN2/c1-6-9(11)14-15(10(6)12)8-5-3-2-4-7(8)13/h2-5H,1H3. The molecule has 0 spiro atoms. The first-order valence-electron chi connectivity index (χ1n) is 4.27. The Hall–Kier alpha value is -0.680. The average Bonchev–Trinajstić information content (AvgIpc) is 2.47. The Kier molecular flexibility index (Phi) is 2.93. The first-order valence-corrected chi connectivity index (χ1v) is 5.85. The number of hydrogen-bond acceptors (Lipinski definition) is 1. The third kappa shape index (κ3) is 1.86. The maximum absolute atomic E-state index is 13.5. The highest BCUT2D eigenvalue weighted by Gasteiger charge is 2.13. The average molecular weight is 334 g/mol. The second-order valence-corrected chi connectivity index (χ2v) is 4.57. The zero-order valence-electron chi connectivity index (χ0n) is 7.84. The number of halogens is 3. The molecule has 0 atom stereocenters. The topological polar surface area (TPSA) is 17.8 Å². The molecule has 1 aromatic carbocycles. The van der Waals surface area contributed by atoms with Gasteiger partial charge in [-0.1, -0.05) is 12.1 Å². The molecule has 0 aliphatic rings. The van der Waals surface area contributed by atoms with Crippen molar-refractivity contribution in [3.63, 3.8) is 0 Å². The number of rotatable bonds is 1. The largest absolute Gasteiger partial charge is 0.222 e. The van der Waals surface area contributed by atoms with Gasteiger partial charge in [-0.15, -0.1) is 0 Å². The van der Waals surface area contributed by atoms with Crippen molar-refractivity contribution in [1.29, 1.82) is 0 Å². The lowest BCUT2D eigenvalue weighted by Crippen LogP contribution is -1.99. The normalized spacial score (nSPS) is 10.7. The molecule has 2 nitrogen and oxygen atoms in total. The predicted molar refractivity (Wildman–Crippen MR) is 63.7 cm³/mol. The lowest BCUT2D eigenvalue weighted by Gasteiger charge is -2.03. The summed E-state index contributed by atoms with van der Waals surface area (Å²) in [6.07, 6.45) is 0. The van der Waals surface area contributed by atoms with Crippen LogP contribution in [0, 0.1) is 12.7 Å². The van der Waals surface area contributed by atoms with E-state index in [1.54, 1.807) is 18.2 Å². The van der Waals surface area contributed by atoms with Gasteiger partial charge in [-0.05, 0) is 50.9 Å². The van der Waals surface area contributed by atoms with E-state index in [1.165, 1.54) is 10.7 Å². The van der Waals surface area contributed by atoms with Crippen LogP contribution in [0.25, 0.3) is 5.69 Å². The number of benzene rings is 1. The van der Waals surface area contributed by atoms with Crippen LogP contribution < -0.4 is 0 Å². The highest BCUT2D eigenvalue weighted by molar-refractivity contribution is 9.11. The number of para-hydroxylation sites is 1. The molecule has 0 radical (unpaired) electrons. The molecule has 0 aliphatic heterocycles. The second kappa shape index (κ2) is 4.06. The molecular formula is C10H7Br2FN2. The molecule has 5 heteroatoms. The summed E-state index contributed by atoms with van der Waals surface area (Å²) in [5.74, 6) is -0.298. The van der Waals surface area contributed by atoms with Gasteiger partial charge in [0.05, 0.1) is 0 Å². The van der Waals surface area contributed by atoms with Gasteiger partial charge in [0.25, 0.3) is 0 Å². The van der Waals surface area contributed by atoms with Crippen molar-refractivity contribution in [2.24, 2.45) is 0 Å². The molecule has 0 saturated heterocycles. The fourth-order valence-electron chi connectivity index (χ4n) is 1.23. The van der Waals surface area contributed by atoms with Crippen molar-refractivity contribution in [3.05, 3.63) is 44.9 Å². The summed E-state index contributed by atoms with van der Waals surface area (Å²) in [5, 5.41) is 4.19. The van der Waals surface area contributed by atoms with Crippen molar-refractivity contribution in [1.82, 2.24) is 9.78 Å². The Morgan fingerprint density at radius 3 is 2.47 bits per heavy atom. The maximum Gasteiger partial charge on any atom is 0.148 e. The van der Waals surface area contributed by atoms with E-state index in [2.05, 4.69) is 37.0 Å². The van der Waals surface area contributed by atoms with Gasteiger partial charge in [0.15, 0.2) is 0 Å². The second-order valence-electron chi connectivity index (χ2n) is 3.07. The van der Waals surface area contributed by atoms with Gasteiger partial charge in [0.2, 0.25) is 0 Å². The van der Waals surface area contributed by atoms with E-state index in [-0.39, 0.29) is 5.82 Å². The van der Waals surface area contributed by atoms with Gasteiger partial charge in [0, 0.05) is 5.56 Å². The molecule has 0 aliphatic carbocycles. The predicted octanol–water partition coefficient (Wildman–Crippen LogP) is 3.84. The molecule has 15 heavy (non-hydrogen) atoms. The Labute approximate surface area is 103 Å². The highest BCUT2D eigenvalue weighted by atomic mass is 79.9. The fraction of sp³-hybridized carbons (Fsp3) is 0.100. The van der Waals surface area contributed by atoms with Crippen LogP contribution in [0.2, 0.25) is 0 Å². The summed E-state index contributed by atoms with van der Waals surface area (Å²) in [4.78, 5) is 0. The Morgan fingerprint density at radius 2 is 1.93 bits per heavy atom. The van der Waals surface area contributed by atoms with E-state index in [0.717, 1.165) is 10.2 Å². The van der Waals surface area contributed by atoms with E-state index >= 15 is 0 Å². The lowest BCUT2D eigenvalue weighted by atomic mass is 10.3. The van der Waals surface area contributed by atoms with Crippen molar-refractivity contribution < 1.29 is 4.39 Å². The summed E-state index contributed by atoms with van der Waals surface area (Å²) in [5.41, 5.74) is 1.37. The van der Waals surface area contributed by atoms with Crippen LogP contribution in [-0.4, -0.2) is 9.78 Å². The van der Waals surface area contributed by atoms with Crippen LogP contribution in [0.5, 0.6) is 0 Å². The van der Waals surface area contributed by atoms with Crippen LogP contribution in [-0.2, 0) is 0 Å². The maximum atomic E-state index is 13.5. The molecule has 2 rings (SSSR count). The Balaban J connectivity index is 2.65. The zero-order chi connectivity index (χ0) is 11.0. The number of aromatic nitrogens is 2. The van der Waals surface area contributed by atoms with E-state index in [4.69, 9.17) is 0 Å². The molecule has 0 fully saturated rings. The third-order valence-electron chi connectivity index (χ3n) is 2.07. The molecular weight excluding hydrogens is 327 g/mol. The first kappa shape index (κ1) is 10.8. The molecule has 78 valence electrons. The van der Waals surface area contributed by atoms with Gasteiger partial charge in [-0.3, -0.25) is 0 Å². The van der Waals surface area contributed by atoms with E-state index in [1.807, 2.05) is 6.92 Å². The van der Waals surface area contributed by atoms with E-state index in [0.29, 0.717) is 10.3 Å². The van der Waals surface area contributed by atoms with Gasteiger partial charge < -0.3 is 0 Å². The van der Waals surface area contributed by atoms with Gasteiger partial charge in [-0.2, -0.15) is 5.10 Å². The van der Waals surface area contributed by atoms with Crippen molar-refractivity contribution in [3.8, 4) is 5.69 Å². The molecule has 0 saturated carbocycles. The quantitative estimate of drug-likeness (QED) is 0.775. The van der Waals surface area contributed by atoms with Gasteiger partial charge in [0.1, 0.15) is 20.7 Å². The smallest absolute Gasteiger partial charge is 0.148 e. The van der Waals surface area contributed by atoms with E-state index < -0.39 is 0 Å². The lowest BCUT2D eigenvalue weighted by molar-refractivity contribution is 0.609. The van der Waals surface area contributed by atoms with E-state index in [9.17, 15) is 4.39 Å². The highest BCUT2D eigenvalue weighted by Crippen LogP contribution is 2.27. The van der Waals surface area contributed by atoms with Gasteiger partial charge >= 0.3 is 0 Å². The molecule has 0 N–H and O–H groups in total. The zero-order valence-corrected chi connectivity index (χ0v) is 11.0. The monoisotopic (exact) mass is 332 g/mol. The summed E-state index contributed by atoms with van der Waals surface area (Å²) in [6.45, 7) is 1.90. The van der Waals surface area contributed by atoms with Crippen LogP contribution in [0.1, 0.15) is 5.56 Å². The third-order valence-corrected chi connectivity index (χ3v) is 3.76. The van der Waals surface area contributed by atoms with Crippen molar-refractivity contribution in [2.75, 3.05) is 0 Å². The summed E-state index contributed by atoms with van der Waals surface area (Å²) >= 11 is 6.68. The van der Waals surface area contributed by atoms with Crippen molar-refractivity contribution in [2.45, 2.75) is 6.92 Å². The minimum absolute atomic E-state index is 0.298. The number of hydrogen-bond donors (Lipinski definition) is 0. The minimum atomic E-state index is -0.298. The summed E-state index contributed by atoms with van der Waals surface area (Å²) in [7, 11) is 0. The Bertz CT molecular complexity index is 508. The molecule has 0 amide bonds. The molecule has 2 aromatic rings. The molecule has 1 aromatic heterocycles. The van der Waals surface area contributed by atoms with Crippen molar-refractivity contribution >= 4 is 31.9 Å². The molecule has 1 heterocycles. The summed E-state index contributed by atoms with van der Waals surface area (Å²) in [6, 6.07) is 6.51. The van der Waals surface area contributed by atoms with Crippen LogP contribution in [0.15, 0.2) is 33.5 Å². The van der Waals surface area contributed by atoms with Gasteiger partial charge in [-0.25, -0.2) is 9.07 Å². The Morgan fingerprint density at radius 1 is 1.27 bits per heavy atom. The minimum Gasteiger partial charge on any atom is -0.222 e. The molecule has 0 bridgehead atoms. The van der Waals surface area contributed by atoms with Crippen LogP contribution in [0.3, 0.4) is 0 Å². The SMILES string of the molecule is Cc1c(Br)nn(-c2ccccc2F)c1Br. The molecule has 0 unspecified atom stereocenters. The summed E-state index contributed by atoms with van der Waals surface area (Å²) < 4.78 is 16.5. The van der Waals surface area contributed by atoms with Crippen LogP contribution >= 0.6 is 31.9 Å². The van der Waals surface area contributed by atoms with Crippen LogP contribution in [0.4, 0.5) is 4.39 Å². The first-order chi connectivity index (χ1) is 7.11. The number of nitrogens with zero attached hydrogens (tertiary/aromatic N) is 2.